The Morgan fingerprint density at radius 1 is 1.40 bits per heavy atom. The van der Waals surface area contributed by atoms with E-state index in [1.807, 2.05) is 0 Å². The summed E-state index contributed by atoms with van der Waals surface area (Å²) in [6, 6.07) is 1.80. The molecular formula is C6H3BrN2O. The lowest BCUT2D eigenvalue weighted by Crippen LogP contribution is -1.73. The van der Waals surface area contributed by atoms with Crippen molar-refractivity contribution in [2.45, 2.75) is 0 Å². The number of oxazole rings is 1. The van der Waals surface area contributed by atoms with Crippen LogP contribution in [0.4, 0.5) is 0 Å². The summed E-state index contributed by atoms with van der Waals surface area (Å²) < 4.78 is 5.72. The highest BCUT2D eigenvalue weighted by atomic mass is 79.9. The van der Waals surface area contributed by atoms with E-state index in [-0.39, 0.29) is 0 Å². The molecule has 0 bridgehead atoms. The maximum Gasteiger partial charge on any atom is 0.187 e. The summed E-state index contributed by atoms with van der Waals surface area (Å²) in [6.07, 6.45) is 3.08. The third kappa shape index (κ3) is 0.724. The molecule has 2 aromatic rings. The van der Waals surface area contributed by atoms with E-state index in [1.165, 1.54) is 6.39 Å². The van der Waals surface area contributed by atoms with Gasteiger partial charge in [0.2, 0.25) is 0 Å². The Bertz CT molecular complexity index is 357. The second-order valence-electron chi connectivity index (χ2n) is 1.80. The largest absolute Gasteiger partial charge is 0.441 e. The molecule has 0 atom stereocenters. The molecule has 4 heteroatoms. The monoisotopic (exact) mass is 198 g/mol. The van der Waals surface area contributed by atoms with Crippen molar-refractivity contribution in [2.24, 2.45) is 0 Å². The van der Waals surface area contributed by atoms with E-state index in [0.717, 1.165) is 5.52 Å². The maximum atomic E-state index is 5.03. The fourth-order valence-electron chi connectivity index (χ4n) is 0.760. The number of aromatic nitrogens is 2. The first kappa shape index (κ1) is 5.85. The highest BCUT2D eigenvalue weighted by Gasteiger charge is 2.01. The van der Waals surface area contributed by atoms with E-state index < -0.39 is 0 Å². The minimum atomic E-state index is 0.697. The SMILES string of the molecule is Brc1nccc2ncoc12. The zero-order chi connectivity index (χ0) is 6.97. The maximum absolute atomic E-state index is 5.03. The molecule has 0 saturated carbocycles. The number of pyridine rings is 1. The van der Waals surface area contributed by atoms with E-state index in [1.54, 1.807) is 12.3 Å². The standard InChI is InChI=1S/C6H3BrN2O/c7-6-5-4(1-2-8-6)9-3-10-5/h1-3H. The quantitative estimate of drug-likeness (QED) is 0.609. The molecule has 2 rings (SSSR count). The average molecular weight is 199 g/mol. The van der Waals surface area contributed by atoms with Crippen molar-refractivity contribution in [2.75, 3.05) is 0 Å². The summed E-state index contributed by atoms with van der Waals surface area (Å²) in [5.74, 6) is 0. The lowest BCUT2D eigenvalue weighted by molar-refractivity contribution is 0.598. The molecule has 50 valence electrons. The zero-order valence-electron chi connectivity index (χ0n) is 4.91. The normalized spacial score (nSPS) is 10.5. The van der Waals surface area contributed by atoms with Gasteiger partial charge in [0.15, 0.2) is 16.6 Å². The molecule has 0 aliphatic carbocycles. The minimum Gasteiger partial charge on any atom is -0.441 e. The number of hydrogen-bond donors (Lipinski definition) is 0. The lowest BCUT2D eigenvalue weighted by Gasteiger charge is -1.86. The van der Waals surface area contributed by atoms with E-state index >= 15 is 0 Å². The Labute approximate surface area is 65.2 Å². The Kier molecular flexibility index (Phi) is 1.20. The molecule has 2 aromatic heterocycles. The van der Waals surface area contributed by atoms with Gasteiger partial charge in [-0.15, -0.1) is 0 Å². The summed E-state index contributed by atoms with van der Waals surface area (Å²) in [6.45, 7) is 0. The number of rotatable bonds is 0. The molecule has 0 aliphatic rings. The van der Waals surface area contributed by atoms with Crippen LogP contribution in [0.2, 0.25) is 0 Å². The Morgan fingerprint density at radius 3 is 3.10 bits per heavy atom. The van der Waals surface area contributed by atoms with Gasteiger partial charge in [-0.2, -0.15) is 0 Å². The van der Waals surface area contributed by atoms with Crippen molar-refractivity contribution in [1.29, 1.82) is 0 Å². The Hall–Kier alpha value is -0.900. The van der Waals surface area contributed by atoms with E-state index in [2.05, 4.69) is 25.9 Å². The summed E-state index contributed by atoms with van der Waals surface area (Å²) in [7, 11) is 0. The van der Waals surface area contributed by atoms with Gasteiger partial charge in [-0.05, 0) is 22.0 Å². The highest BCUT2D eigenvalue weighted by molar-refractivity contribution is 9.10. The van der Waals surface area contributed by atoms with Gasteiger partial charge in [-0.3, -0.25) is 0 Å². The predicted molar refractivity (Wildman–Crippen MR) is 39.5 cm³/mol. The molecular weight excluding hydrogens is 196 g/mol. The molecule has 0 fully saturated rings. The van der Waals surface area contributed by atoms with E-state index in [4.69, 9.17) is 4.42 Å². The van der Waals surface area contributed by atoms with Crippen LogP contribution in [0.5, 0.6) is 0 Å². The fraction of sp³-hybridized carbons (Fsp3) is 0. The molecule has 10 heavy (non-hydrogen) atoms. The Morgan fingerprint density at radius 2 is 2.30 bits per heavy atom. The van der Waals surface area contributed by atoms with Crippen molar-refractivity contribution in [3.8, 4) is 0 Å². The first-order chi connectivity index (χ1) is 4.88. The first-order valence-corrected chi connectivity index (χ1v) is 3.51. The molecule has 3 nitrogen and oxygen atoms in total. The van der Waals surface area contributed by atoms with Gasteiger partial charge in [0.05, 0.1) is 0 Å². The summed E-state index contributed by atoms with van der Waals surface area (Å²) in [4.78, 5) is 7.91. The molecule has 0 aromatic carbocycles. The molecule has 0 aliphatic heterocycles. The van der Waals surface area contributed by atoms with Gasteiger partial charge < -0.3 is 4.42 Å². The van der Waals surface area contributed by atoms with Crippen molar-refractivity contribution in [3.63, 3.8) is 0 Å². The molecule has 0 unspecified atom stereocenters. The highest BCUT2D eigenvalue weighted by Crippen LogP contribution is 2.19. The smallest absolute Gasteiger partial charge is 0.187 e. The summed E-state index contributed by atoms with van der Waals surface area (Å²) in [5.41, 5.74) is 1.52. The molecule has 0 amide bonds. The summed E-state index contributed by atoms with van der Waals surface area (Å²) in [5, 5.41) is 0. The number of halogens is 1. The van der Waals surface area contributed by atoms with Crippen LogP contribution in [0.15, 0.2) is 27.7 Å². The van der Waals surface area contributed by atoms with Gasteiger partial charge >= 0.3 is 0 Å². The van der Waals surface area contributed by atoms with Crippen molar-refractivity contribution >= 4 is 27.0 Å². The van der Waals surface area contributed by atoms with Crippen LogP contribution in [0.25, 0.3) is 11.1 Å². The van der Waals surface area contributed by atoms with Crippen LogP contribution in [-0.2, 0) is 0 Å². The number of nitrogens with zero attached hydrogens (tertiary/aromatic N) is 2. The van der Waals surface area contributed by atoms with Crippen LogP contribution in [0.1, 0.15) is 0 Å². The first-order valence-electron chi connectivity index (χ1n) is 2.71. The molecule has 0 spiro atoms. The third-order valence-electron chi connectivity index (χ3n) is 1.20. The third-order valence-corrected chi connectivity index (χ3v) is 1.77. The fourth-order valence-corrected chi connectivity index (χ4v) is 1.17. The second kappa shape index (κ2) is 2.05. The predicted octanol–water partition coefficient (Wildman–Crippen LogP) is 1.99. The van der Waals surface area contributed by atoms with Gasteiger partial charge in [0, 0.05) is 6.20 Å². The topological polar surface area (TPSA) is 38.9 Å². The van der Waals surface area contributed by atoms with Gasteiger partial charge in [0.1, 0.15) is 5.52 Å². The number of fused-ring (bicyclic) bond motifs is 1. The lowest BCUT2D eigenvalue weighted by atomic mass is 10.4. The minimum absolute atomic E-state index is 0.697. The van der Waals surface area contributed by atoms with Crippen molar-refractivity contribution in [3.05, 3.63) is 23.3 Å². The van der Waals surface area contributed by atoms with Gasteiger partial charge in [-0.25, -0.2) is 9.97 Å². The van der Waals surface area contributed by atoms with E-state index in [0.29, 0.717) is 10.2 Å². The van der Waals surface area contributed by atoms with Crippen LogP contribution < -0.4 is 0 Å². The second-order valence-corrected chi connectivity index (χ2v) is 2.55. The molecule has 2 heterocycles. The average Bonchev–Trinajstić information content (AvgIpc) is 2.36. The van der Waals surface area contributed by atoms with Crippen molar-refractivity contribution in [1.82, 2.24) is 9.97 Å². The summed E-state index contributed by atoms with van der Waals surface area (Å²) >= 11 is 3.23. The van der Waals surface area contributed by atoms with Gasteiger partial charge in [0.25, 0.3) is 0 Å². The van der Waals surface area contributed by atoms with Crippen molar-refractivity contribution < 1.29 is 4.42 Å². The molecule has 0 N–H and O–H groups in total. The van der Waals surface area contributed by atoms with Gasteiger partial charge in [-0.1, -0.05) is 0 Å². The van der Waals surface area contributed by atoms with Crippen LogP contribution in [0, 0.1) is 0 Å². The molecule has 0 saturated heterocycles. The Balaban J connectivity index is 2.95. The zero-order valence-corrected chi connectivity index (χ0v) is 6.50. The van der Waals surface area contributed by atoms with E-state index in [9.17, 15) is 0 Å². The van der Waals surface area contributed by atoms with Crippen LogP contribution >= 0.6 is 15.9 Å². The number of hydrogen-bond acceptors (Lipinski definition) is 3. The van der Waals surface area contributed by atoms with Crippen LogP contribution in [0.3, 0.4) is 0 Å². The van der Waals surface area contributed by atoms with Crippen LogP contribution in [-0.4, -0.2) is 9.97 Å². The molecule has 0 radical (unpaired) electrons.